The molecular weight excluding hydrogens is 550 g/mol. The summed E-state index contributed by atoms with van der Waals surface area (Å²) < 4.78 is 16.8. The molecule has 11 nitrogen and oxygen atoms in total. The number of nitrogens with one attached hydrogen (secondary N) is 4. The molecule has 0 bridgehead atoms. The first-order chi connectivity index (χ1) is 19.8. The molecule has 0 radical (unpaired) electrons. The van der Waals surface area contributed by atoms with E-state index in [1.807, 2.05) is 27.7 Å². The van der Waals surface area contributed by atoms with Gasteiger partial charge in [0.2, 0.25) is 0 Å². The third-order valence-corrected chi connectivity index (χ3v) is 6.46. The van der Waals surface area contributed by atoms with E-state index >= 15 is 0 Å². The fraction of sp³-hybridized carbons (Fsp3) is 0.906. The van der Waals surface area contributed by atoms with Crippen molar-refractivity contribution in [2.45, 2.75) is 169 Å². The minimum absolute atomic E-state index is 0.267. The van der Waals surface area contributed by atoms with E-state index in [9.17, 15) is 14.4 Å². The van der Waals surface area contributed by atoms with Crippen molar-refractivity contribution in [3.63, 3.8) is 0 Å². The summed E-state index contributed by atoms with van der Waals surface area (Å²) in [6.07, 6.45) is 5.89. The van der Waals surface area contributed by atoms with Crippen molar-refractivity contribution in [1.29, 1.82) is 0 Å². The zero-order valence-corrected chi connectivity index (χ0v) is 29.2. The summed E-state index contributed by atoms with van der Waals surface area (Å²) in [6.45, 7) is 21.4. The maximum absolute atomic E-state index is 13.3. The van der Waals surface area contributed by atoms with Gasteiger partial charge < -0.3 is 25.3 Å². The van der Waals surface area contributed by atoms with Gasteiger partial charge in [-0.1, -0.05) is 46.0 Å². The Morgan fingerprint density at radius 2 is 1.14 bits per heavy atom. The Hall–Kier alpha value is -2.27. The van der Waals surface area contributed by atoms with Crippen molar-refractivity contribution in [1.82, 2.24) is 21.3 Å². The van der Waals surface area contributed by atoms with E-state index in [4.69, 9.17) is 19.9 Å². The van der Waals surface area contributed by atoms with Gasteiger partial charge in [-0.15, -0.1) is 0 Å². The molecule has 0 aliphatic rings. The molecule has 0 aromatic heterocycles. The second-order valence-electron chi connectivity index (χ2n) is 14.4. The lowest BCUT2D eigenvalue weighted by atomic mass is 9.83. The lowest BCUT2D eigenvalue weighted by Gasteiger charge is -2.43. The lowest BCUT2D eigenvalue weighted by molar-refractivity contribution is 0.0187. The summed E-state index contributed by atoms with van der Waals surface area (Å²) in [7, 11) is 0. The van der Waals surface area contributed by atoms with Crippen LogP contribution < -0.4 is 27.0 Å². The van der Waals surface area contributed by atoms with Gasteiger partial charge in [0, 0.05) is 12.5 Å². The van der Waals surface area contributed by atoms with Crippen LogP contribution in [0.1, 0.15) is 140 Å². The zero-order chi connectivity index (χ0) is 33.3. The lowest BCUT2D eigenvalue weighted by Crippen LogP contribution is -2.67. The second kappa shape index (κ2) is 19.2. The molecule has 0 saturated carbocycles. The van der Waals surface area contributed by atoms with Crippen molar-refractivity contribution in [3.05, 3.63) is 0 Å². The van der Waals surface area contributed by atoms with Gasteiger partial charge >= 0.3 is 18.3 Å². The molecule has 0 aliphatic carbocycles. The predicted molar refractivity (Wildman–Crippen MR) is 173 cm³/mol. The first kappa shape index (κ1) is 40.7. The number of unbranched alkanes of at least 4 members (excludes halogenated alkanes) is 4. The number of nitrogens with two attached hydrogens (primary N) is 1. The Morgan fingerprint density at radius 3 is 1.58 bits per heavy atom. The molecular formula is C32H65N5O6. The summed E-state index contributed by atoms with van der Waals surface area (Å²) in [6, 6.07) is 0. The van der Waals surface area contributed by atoms with Crippen LogP contribution in [-0.4, -0.2) is 60.0 Å². The SMILES string of the molecule is CCCCC(NC(=O)OC(C)(C)C)(NC(=O)OC(C)(C)C)C(CCCCCCN)CNC(CCC)NC(=O)OC(C)(C)C. The molecule has 0 spiro atoms. The van der Waals surface area contributed by atoms with Crippen LogP contribution in [0.2, 0.25) is 0 Å². The van der Waals surface area contributed by atoms with Gasteiger partial charge in [0.05, 0.1) is 6.17 Å². The maximum Gasteiger partial charge on any atom is 0.409 e. The van der Waals surface area contributed by atoms with E-state index in [1.54, 1.807) is 41.5 Å². The topological polar surface area (TPSA) is 153 Å². The first-order valence-corrected chi connectivity index (χ1v) is 16.2. The summed E-state index contributed by atoms with van der Waals surface area (Å²) >= 11 is 0. The van der Waals surface area contributed by atoms with Crippen molar-refractivity contribution in [3.8, 4) is 0 Å². The van der Waals surface area contributed by atoms with Crippen molar-refractivity contribution in [2.24, 2.45) is 11.7 Å². The third-order valence-electron chi connectivity index (χ3n) is 6.46. The molecule has 11 heteroatoms. The maximum atomic E-state index is 13.3. The van der Waals surface area contributed by atoms with Crippen LogP contribution in [0, 0.1) is 5.92 Å². The van der Waals surface area contributed by atoms with Gasteiger partial charge in [-0.25, -0.2) is 14.4 Å². The highest BCUT2D eigenvalue weighted by Crippen LogP contribution is 2.29. The van der Waals surface area contributed by atoms with Crippen LogP contribution in [0.3, 0.4) is 0 Å². The Kier molecular flexibility index (Phi) is 18.2. The molecule has 0 rings (SSSR count). The highest BCUT2D eigenvalue weighted by atomic mass is 16.6. The number of alkyl carbamates (subject to hydrolysis) is 3. The fourth-order valence-electron chi connectivity index (χ4n) is 4.65. The summed E-state index contributed by atoms with van der Waals surface area (Å²) in [5.74, 6) is -0.267. The monoisotopic (exact) mass is 615 g/mol. The number of ether oxygens (including phenoxy) is 3. The van der Waals surface area contributed by atoms with E-state index in [-0.39, 0.29) is 12.1 Å². The van der Waals surface area contributed by atoms with E-state index in [0.717, 1.165) is 44.9 Å². The molecule has 43 heavy (non-hydrogen) atoms. The first-order valence-electron chi connectivity index (χ1n) is 16.2. The highest BCUT2D eigenvalue weighted by molar-refractivity contribution is 5.73. The molecule has 0 aromatic rings. The Balaban J connectivity index is 6.49. The van der Waals surface area contributed by atoms with Crippen LogP contribution in [-0.2, 0) is 14.2 Å². The standard InChI is InChI=1S/C32H65N5O6/c1-12-14-21-32(36-27(39)42-30(6,7)8,37-28(40)43-31(9,10)11)24(20-17-15-16-18-22-33)23-34-25(19-13-2)35-26(38)41-29(3,4)5/h24-25,34H,12-23,33H2,1-11H3,(H,35,38)(H,36,39)(H,37,40). The molecule has 0 heterocycles. The molecule has 0 saturated heterocycles. The van der Waals surface area contributed by atoms with Gasteiger partial charge in [-0.05, 0) is 101 Å². The Morgan fingerprint density at radius 1 is 0.651 bits per heavy atom. The number of rotatable bonds is 18. The summed E-state index contributed by atoms with van der Waals surface area (Å²) in [5.41, 5.74) is 2.45. The van der Waals surface area contributed by atoms with E-state index in [1.165, 1.54) is 0 Å². The average molecular weight is 616 g/mol. The second-order valence-corrected chi connectivity index (χ2v) is 14.4. The third kappa shape index (κ3) is 20.3. The Bertz CT molecular complexity index is 787. The average Bonchev–Trinajstić information content (AvgIpc) is 2.80. The number of carbonyl (C=O) groups excluding carboxylic acids is 3. The van der Waals surface area contributed by atoms with Crippen LogP contribution in [0.25, 0.3) is 0 Å². The quantitative estimate of drug-likeness (QED) is 0.0649. The smallest absolute Gasteiger partial charge is 0.409 e. The van der Waals surface area contributed by atoms with Gasteiger partial charge in [0.1, 0.15) is 22.5 Å². The van der Waals surface area contributed by atoms with Gasteiger partial charge in [0.25, 0.3) is 0 Å². The number of carbonyl (C=O) groups is 3. The molecule has 0 aromatic carbocycles. The molecule has 0 aliphatic heterocycles. The Labute approximate surface area is 261 Å². The van der Waals surface area contributed by atoms with E-state index < -0.39 is 40.7 Å². The van der Waals surface area contributed by atoms with Crippen molar-refractivity contribution in [2.75, 3.05) is 13.1 Å². The normalized spacial score (nSPS) is 14.0. The van der Waals surface area contributed by atoms with E-state index in [2.05, 4.69) is 28.2 Å². The minimum Gasteiger partial charge on any atom is -0.444 e. The molecule has 2 atom stereocenters. The molecule has 2 unspecified atom stereocenters. The zero-order valence-electron chi connectivity index (χ0n) is 29.2. The van der Waals surface area contributed by atoms with Crippen molar-refractivity contribution < 1.29 is 28.6 Å². The minimum atomic E-state index is -1.18. The number of hydrogen-bond acceptors (Lipinski definition) is 8. The van der Waals surface area contributed by atoms with Gasteiger partial charge in [-0.3, -0.25) is 16.0 Å². The van der Waals surface area contributed by atoms with Crippen LogP contribution in [0.15, 0.2) is 0 Å². The number of amides is 3. The summed E-state index contributed by atoms with van der Waals surface area (Å²) in [5, 5.41) is 12.6. The predicted octanol–water partition coefficient (Wildman–Crippen LogP) is 6.69. The molecule has 6 N–H and O–H groups in total. The van der Waals surface area contributed by atoms with Crippen molar-refractivity contribution >= 4 is 18.3 Å². The van der Waals surface area contributed by atoms with Gasteiger partial charge in [-0.2, -0.15) is 0 Å². The fourth-order valence-corrected chi connectivity index (χ4v) is 4.65. The highest BCUT2D eigenvalue weighted by Gasteiger charge is 2.43. The van der Waals surface area contributed by atoms with Gasteiger partial charge in [0.15, 0.2) is 0 Å². The molecule has 254 valence electrons. The molecule has 3 amide bonds. The largest absolute Gasteiger partial charge is 0.444 e. The van der Waals surface area contributed by atoms with Crippen LogP contribution in [0.5, 0.6) is 0 Å². The van der Waals surface area contributed by atoms with E-state index in [0.29, 0.717) is 32.4 Å². The molecule has 0 fully saturated rings. The van der Waals surface area contributed by atoms with Crippen LogP contribution >= 0.6 is 0 Å². The summed E-state index contributed by atoms with van der Waals surface area (Å²) in [4.78, 5) is 39.2. The number of hydrogen-bond donors (Lipinski definition) is 5. The van der Waals surface area contributed by atoms with Crippen LogP contribution in [0.4, 0.5) is 14.4 Å².